The van der Waals surface area contributed by atoms with Gasteiger partial charge < -0.3 is 15.4 Å². The summed E-state index contributed by atoms with van der Waals surface area (Å²) in [6, 6.07) is 12.8. The van der Waals surface area contributed by atoms with Gasteiger partial charge in [-0.15, -0.1) is 0 Å². The molecule has 2 amide bonds. The Morgan fingerprint density at radius 2 is 2.00 bits per heavy atom. The zero-order valence-electron chi connectivity index (χ0n) is 14.6. The zero-order chi connectivity index (χ0) is 18.4. The molecular formula is C20H23N3O3. The Labute approximate surface area is 153 Å². The highest BCUT2D eigenvalue weighted by atomic mass is 16.5. The largest absolute Gasteiger partial charge is 0.457 e. The van der Waals surface area contributed by atoms with Crippen LogP contribution in [-0.2, 0) is 4.79 Å². The standard InChI is InChI=1S/C20H23N3O3/c21-19(24)9-8-15-5-4-12-23(14-15)20(25)18-13-17(10-11-22-18)26-16-6-2-1-3-7-16/h1-3,6-7,10-11,13,15H,4-5,8-9,12,14H2,(H2,21,24). The van der Waals surface area contributed by atoms with Crippen LogP contribution >= 0.6 is 0 Å². The molecule has 1 aliphatic heterocycles. The second-order valence-electron chi connectivity index (χ2n) is 6.56. The van der Waals surface area contributed by atoms with Crippen LogP contribution in [0.1, 0.15) is 36.2 Å². The zero-order valence-corrected chi connectivity index (χ0v) is 14.6. The van der Waals surface area contributed by atoms with Gasteiger partial charge >= 0.3 is 0 Å². The lowest BCUT2D eigenvalue weighted by atomic mass is 9.93. The molecule has 2 aromatic rings. The van der Waals surface area contributed by atoms with E-state index in [1.807, 2.05) is 35.2 Å². The SMILES string of the molecule is NC(=O)CCC1CCCN(C(=O)c2cc(Oc3ccccc3)ccn2)C1. The van der Waals surface area contributed by atoms with Crippen LogP contribution < -0.4 is 10.5 Å². The fraction of sp³-hybridized carbons (Fsp3) is 0.350. The van der Waals surface area contributed by atoms with Crippen LogP contribution in [0.25, 0.3) is 0 Å². The summed E-state index contributed by atoms with van der Waals surface area (Å²) in [7, 11) is 0. The van der Waals surface area contributed by atoms with Crippen LogP contribution in [0.3, 0.4) is 0 Å². The number of primary amides is 1. The summed E-state index contributed by atoms with van der Waals surface area (Å²) in [6.07, 6.45) is 4.62. The molecule has 0 radical (unpaired) electrons. The summed E-state index contributed by atoms with van der Waals surface area (Å²) in [5.41, 5.74) is 5.60. The third kappa shape index (κ3) is 4.81. The van der Waals surface area contributed by atoms with E-state index in [1.54, 1.807) is 18.3 Å². The second-order valence-corrected chi connectivity index (χ2v) is 6.56. The maximum Gasteiger partial charge on any atom is 0.272 e. The number of likely N-dealkylation sites (tertiary alicyclic amines) is 1. The fourth-order valence-corrected chi connectivity index (χ4v) is 3.21. The van der Waals surface area contributed by atoms with Gasteiger partial charge in [-0.25, -0.2) is 0 Å². The van der Waals surface area contributed by atoms with Gasteiger partial charge in [0.05, 0.1) is 0 Å². The first kappa shape index (κ1) is 17.9. The van der Waals surface area contributed by atoms with E-state index in [9.17, 15) is 9.59 Å². The summed E-state index contributed by atoms with van der Waals surface area (Å²) in [5, 5.41) is 0. The van der Waals surface area contributed by atoms with Crippen molar-refractivity contribution in [2.75, 3.05) is 13.1 Å². The third-order valence-corrected chi connectivity index (χ3v) is 4.53. The van der Waals surface area contributed by atoms with E-state index < -0.39 is 0 Å². The molecule has 2 N–H and O–H groups in total. The number of aromatic nitrogens is 1. The molecule has 136 valence electrons. The van der Waals surface area contributed by atoms with Crippen LogP contribution in [0.5, 0.6) is 11.5 Å². The van der Waals surface area contributed by atoms with Crippen molar-refractivity contribution in [3.63, 3.8) is 0 Å². The normalized spacial score (nSPS) is 16.9. The molecule has 1 aromatic carbocycles. The summed E-state index contributed by atoms with van der Waals surface area (Å²) < 4.78 is 5.78. The van der Waals surface area contributed by atoms with Gasteiger partial charge in [0.1, 0.15) is 17.2 Å². The van der Waals surface area contributed by atoms with Gasteiger partial charge in [-0.1, -0.05) is 18.2 Å². The van der Waals surface area contributed by atoms with Gasteiger partial charge in [0, 0.05) is 31.8 Å². The Morgan fingerprint density at radius 3 is 2.77 bits per heavy atom. The number of benzene rings is 1. The van der Waals surface area contributed by atoms with Gasteiger partial charge in [0.25, 0.3) is 5.91 Å². The van der Waals surface area contributed by atoms with Crippen molar-refractivity contribution in [3.05, 3.63) is 54.4 Å². The lowest BCUT2D eigenvalue weighted by Crippen LogP contribution is -2.40. The van der Waals surface area contributed by atoms with Gasteiger partial charge in [-0.2, -0.15) is 0 Å². The van der Waals surface area contributed by atoms with Crippen LogP contribution in [0.15, 0.2) is 48.7 Å². The first-order valence-electron chi connectivity index (χ1n) is 8.88. The van der Waals surface area contributed by atoms with Crippen molar-refractivity contribution in [3.8, 4) is 11.5 Å². The minimum Gasteiger partial charge on any atom is -0.457 e. The van der Waals surface area contributed by atoms with Crippen LogP contribution in [0, 0.1) is 5.92 Å². The highest BCUT2D eigenvalue weighted by Gasteiger charge is 2.25. The maximum absolute atomic E-state index is 12.8. The van der Waals surface area contributed by atoms with E-state index in [1.165, 1.54) is 0 Å². The second kappa shape index (κ2) is 8.47. The molecule has 1 saturated heterocycles. The molecule has 1 aliphatic rings. The number of para-hydroxylation sites is 1. The fourth-order valence-electron chi connectivity index (χ4n) is 3.21. The van der Waals surface area contributed by atoms with Crippen LogP contribution in [0.2, 0.25) is 0 Å². The summed E-state index contributed by atoms with van der Waals surface area (Å²) in [6.45, 7) is 1.34. The molecular weight excluding hydrogens is 330 g/mol. The lowest BCUT2D eigenvalue weighted by Gasteiger charge is -2.32. The first-order chi connectivity index (χ1) is 12.6. The van der Waals surface area contributed by atoms with Crippen molar-refractivity contribution in [2.24, 2.45) is 11.7 Å². The number of carbonyl (C=O) groups is 2. The Bertz CT molecular complexity index is 764. The number of ether oxygens (including phenoxy) is 1. The van der Waals surface area contributed by atoms with Crippen molar-refractivity contribution >= 4 is 11.8 Å². The molecule has 0 bridgehead atoms. The van der Waals surface area contributed by atoms with Gasteiger partial charge in [0.2, 0.25) is 5.91 Å². The molecule has 0 spiro atoms. The van der Waals surface area contributed by atoms with E-state index in [-0.39, 0.29) is 11.8 Å². The topological polar surface area (TPSA) is 85.5 Å². The molecule has 3 rings (SSSR count). The maximum atomic E-state index is 12.8. The number of rotatable bonds is 6. The molecule has 26 heavy (non-hydrogen) atoms. The first-order valence-corrected chi connectivity index (χ1v) is 8.88. The molecule has 1 aromatic heterocycles. The van der Waals surface area contributed by atoms with E-state index in [2.05, 4.69) is 4.98 Å². The number of hydrogen-bond donors (Lipinski definition) is 1. The highest BCUT2D eigenvalue weighted by molar-refractivity contribution is 5.92. The number of nitrogens with two attached hydrogens (primary N) is 1. The van der Waals surface area contributed by atoms with Crippen molar-refractivity contribution in [2.45, 2.75) is 25.7 Å². The van der Waals surface area contributed by atoms with Gasteiger partial charge in [-0.05, 0) is 43.4 Å². The van der Waals surface area contributed by atoms with Crippen molar-refractivity contribution < 1.29 is 14.3 Å². The molecule has 6 heteroatoms. The van der Waals surface area contributed by atoms with Gasteiger partial charge in [-0.3, -0.25) is 14.6 Å². The molecule has 6 nitrogen and oxygen atoms in total. The Morgan fingerprint density at radius 1 is 1.19 bits per heavy atom. The number of hydrogen-bond acceptors (Lipinski definition) is 4. The summed E-state index contributed by atoms with van der Waals surface area (Å²) in [5.74, 6) is 1.20. The van der Waals surface area contributed by atoms with Gasteiger partial charge in [0.15, 0.2) is 0 Å². The van der Waals surface area contributed by atoms with E-state index in [4.69, 9.17) is 10.5 Å². The summed E-state index contributed by atoms with van der Waals surface area (Å²) >= 11 is 0. The number of amides is 2. The molecule has 2 heterocycles. The average molecular weight is 353 g/mol. The minimum atomic E-state index is -0.291. The number of carbonyl (C=O) groups excluding carboxylic acids is 2. The number of pyridine rings is 1. The van der Waals surface area contributed by atoms with E-state index in [0.717, 1.165) is 19.3 Å². The predicted octanol–water partition coefficient (Wildman–Crippen LogP) is 2.99. The molecule has 0 aliphatic carbocycles. The Hall–Kier alpha value is -2.89. The lowest BCUT2D eigenvalue weighted by molar-refractivity contribution is -0.118. The molecule has 1 unspecified atom stereocenters. The van der Waals surface area contributed by atoms with E-state index >= 15 is 0 Å². The number of nitrogens with zero attached hydrogens (tertiary/aromatic N) is 2. The van der Waals surface area contributed by atoms with Crippen molar-refractivity contribution in [1.82, 2.24) is 9.88 Å². The van der Waals surface area contributed by atoms with E-state index in [0.29, 0.717) is 42.6 Å². The molecule has 1 fully saturated rings. The quantitative estimate of drug-likeness (QED) is 0.865. The Balaban J connectivity index is 1.65. The molecule has 1 atom stereocenters. The number of piperidine rings is 1. The highest BCUT2D eigenvalue weighted by Crippen LogP contribution is 2.24. The van der Waals surface area contributed by atoms with Crippen molar-refractivity contribution in [1.29, 1.82) is 0 Å². The molecule has 0 saturated carbocycles. The monoisotopic (exact) mass is 353 g/mol. The Kier molecular flexibility index (Phi) is 5.84. The summed E-state index contributed by atoms with van der Waals surface area (Å²) in [4.78, 5) is 29.8. The van der Waals surface area contributed by atoms with Crippen LogP contribution in [0.4, 0.5) is 0 Å². The minimum absolute atomic E-state index is 0.104. The third-order valence-electron chi connectivity index (χ3n) is 4.53. The predicted molar refractivity (Wildman–Crippen MR) is 97.8 cm³/mol. The average Bonchev–Trinajstić information content (AvgIpc) is 2.67. The smallest absolute Gasteiger partial charge is 0.272 e. The van der Waals surface area contributed by atoms with Crippen LogP contribution in [-0.4, -0.2) is 34.8 Å².